The molecule has 0 heterocycles. The Hall–Kier alpha value is -1.06. The van der Waals surface area contributed by atoms with Gasteiger partial charge in [0.1, 0.15) is 6.54 Å². The van der Waals surface area contributed by atoms with Gasteiger partial charge in [-0.25, -0.2) is 0 Å². The van der Waals surface area contributed by atoms with E-state index in [1.165, 1.54) is 0 Å². The quantitative estimate of drug-likeness (QED) is 0.533. The van der Waals surface area contributed by atoms with Crippen molar-refractivity contribution in [2.24, 2.45) is 5.92 Å². The molecule has 86 valence electrons. The second-order valence-electron chi connectivity index (χ2n) is 3.92. The van der Waals surface area contributed by atoms with Gasteiger partial charge in [-0.2, -0.15) is 0 Å². The number of rotatable bonds is 6. The minimum Gasteiger partial charge on any atom is -0.464 e. The van der Waals surface area contributed by atoms with Crippen molar-refractivity contribution >= 4 is 11.9 Å². The van der Waals surface area contributed by atoms with Crippen LogP contribution in [0.2, 0.25) is 0 Å². The van der Waals surface area contributed by atoms with Crippen LogP contribution in [-0.2, 0) is 14.3 Å². The Balaban J connectivity index is 2.02. The highest BCUT2D eigenvalue weighted by Crippen LogP contribution is 2.25. The molecule has 4 nitrogen and oxygen atoms in total. The van der Waals surface area contributed by atoms with Crippen molar-refractivity contribution < 1.29 is 14.3 Å². The minimum absolute atomic E-state index is 0.00584. The number of hydrogen-bond acceptors (Lipinski definition) is 3. The zero-order chi connectivity index (χ0) is 11.1. The molecule has 1 aliphatic rings. The van der Waals surface area contributed by atoms with E-state index in [0.29, 0.717) is 6.61 Å². The summed E-state index contributed by atoms with van der Waals surface area (Å²) in [5.41, 5.74) is 0. The average molecular weight is 213 g/mol. The summed E-state index contributed by atoms with van der Waals surface area (Å²) < 4.78 is 4.91. The molecular formula is C11H19NO3. The fourth-order valence-corrected chi connectivity index (χ4v) is 1.36. The lowest BCUT2D eigenvalue weighted by Crippen LogP contribution is -2.37. The van der Waals surface area contributed by atoms with Crippen molar-refractivity contribution in [2.75, 3.05) is 13.2 Å². The molecule has 1 amide bonds. The zero-order valence-electron chi connectivity index (χ0n) is 9.25. The third-order valence-corrected chi connectivity index (χ3v) is 2.64. The Morgan fingerprint density at radius 1 is 1.40 bits per heavy atom. The predicted molar refractivity (Wildman–Crippen MR) is 56.2 cm³/mol. The molecule has 0 bridgehead atoms. The van der Waals surface area contributed by atoms with Gasteiger partial charge < -0.3 is 10.1 Å². The number of esters is 1. The van der Waals surface area contributed by atoms with Gasteiger partial charge in [-0.3, -0.25) is 9.59 Å². The molecule has 1 saturated carbocycles. The van der Waals surface area contributed by atoms with E-state index in [0.717, 1.165) is 32.1 Å². The van der Waals surface area contributed by atoms with Gasteiger partial charge in [0.25, 0.3) is 0 Å². The average Bonchev–Trinajstić information content (AvgIpc) is 2.12. The summed E-state index contributed by atoms with van der Waals surface area (Å²) in [5.74, 6) is -0.210. The SMILES string of the molecule is CCCCOC(=O)CNC(=O)C1CCC1. The van der Waals surface area contributed by atoms with Crippen LogP contribution < -0.4 is 5.32 Å². The molecule has 0 aromatic heterocycles. The number of ether oxygens (including phenoxy) is 1. The molecule has 0 spiro atoms. The first kappa shape index (κ1) is 12.0. The third kappa shape index (κ3) is 4.32. The van der Waals surface area contributed by atoms with Crippen molar-refractivity contribution in [3.05, 3.63) is 0 Å². The molecule has 1 fully saturated rings. The Morgan fingerprint density at radius 2 is 2.13 bits per heavy atom. The number of hydrogen-bond donors (Lipinski definition) is 1. The van der Waals surface area contributed by atoms with E-state index in [1.54, 1.807) is 0 Å². The summed E-state index contributed by atoms with van der Waals surface area (Å²) in [7, 11) is 0. The monoisotopic (exact) mass is 213 g/mol. The second-order valence-corrected chi connectivity index (χ2v) is 3.92. The molecule has 0 aromatic carbocycles. The summed E-state index contributed by atoms with van der Waals surface area (Å²) in [6.45, 7) is 2.50. The summed E-state index contributed by atoms with van der Waals surface area (Å²) >= 11 is 0. The van der Waals surface area contributed by atoms with Crippen LogP contribution in [0.1, 0.15) is 39.0 Å². The molecule has 4 heteroatoms. The van der Waals surface area contributed by atoms with Crippen LogP contribution in [0, 0.1) is 5.92 Å². The van der Waals surface area contributed by atoms with Gasteiger partial charge in [0, 0.05) is 5.92 Å². The Labute approximate surface area is 90.4 Å². The van der Waals surface area contributed by atoms with E-state index >= 15 is 0 Å². The van der Waals surface area contributed by atoms with Gasteiger partial charge in [-0.1, -0.05) is 19.8 Å². The number of amides is 1. The summed E-state index contributed by atoms with van der Waals surface area (Å²) in [6.07, 6.45) is 4.91. The van der Waals surface area contributed by atoms with Gasteiger partial charge in [-0.05, 0) is 19.3 Å². The van der Waals surface area contributed by atoms with Gasteiger partial charge >= 0.3 is 5.97 Å². The van der Waals surface area contributed by atoms with Crippen LogP contribution in [0.4, 0.5) is 0 Å². The molecule has 0 unspecified atom stereocenters. The molecular weight excluding hydrogens is 194 g/mol. The van der Waals surface area contributed by atoms with Crippen LogP contribution in [0.3, 0.4) is 0 Å². The van der Waals surface area contributed by atoms with E-state index in [9.17, 15) is 9.59 Å². The maximum absolute atomic E-state index is 11.3. The van der Waals surface area contributed by atoms with E-state index < -0.39 is 0 Å². The lowest BCUT2D eigenvalue weighted by molar-refractivity contribution is -0.144. The summed E-state index contributed by atoms with van der Waals surface area (Å²) in [6, 6.07) is 0. The van der Waals surface area contributed by atoms with E-state index in [1.807, 2.05) is 6.92 Å². The Bertz CT molecular complexity index is 224. The maximum Gasteiger partial charge on any atom is 0.325 e. The normalized spacial score (nSPS) is 15.5. The molecule has 0 aliphatic heterocycles. The van der Waals surface area contributed by atoms with E-state index in [4.69, 9.17) is 4.74 Å². The van der Waals surface area contributed by atoms with Crippen molar-refractivity contribution in [2.45, 2.75) is 39.0 Å². The molecule has 1 aliphatic carbocycles. The standard InChI is InChI=1S/C11H19NO3/c1-2-3-7-15-10(13)8-12-11(14)9-5-4-6-9/h9H,2-8H2,1H3,(H,12,14). The first-order valence-corrected chi connectivity index (χ1v) is 5.67. The largest absolute Gasteiger partial charge is 0.464 e. The highest BCUT2D eigenvalue weighted by atomic mass is 16.5. The first-order chi connectivity index (χ1) is 7.24. The number of carbonyl (C=O) groups is 2. The summed E-state index contributed by atoms with van der Waals surface area (Å²) in [4.78, 5) is 22.5. The number of unbranched alkanes of at least 4 members (excludes halogenated alkanes) is 1. The molecule has 15 heavy (non-hydrogen) atoms. The molecule has 1 rings (SSSR count). The van der Waals surface area contributed by atoms with Crippen molar-refractivity contribution in [1.29, 1.82) is 0 Å². The molecule has 0 saturated heterocycles. The third-order valence-electron chi connectivity index (χ3n) is 2.64. The first-order valence-electron chi connectivity index (χ1n) is 5.67. The van der Waals surface area contributed by atoms with E-state index in [2.05, 4.69) is 5.32 Å². The fourth-order valence-electron chi connectivity index (χ4n) is 1.36. The lowest BCUT2D eigenvalue weighted by Gasteiger charge is -2.23. The predicted octanol–water partition coefficient (Wildman–Crippen LogP) is 1.25. The number of nitrogens with one attached hydrogen (secondary N) is 1. The molecule has 0 atom stereocenters. The smallest absolute Gasteiger partial charge is 0.325 e. The molecule has 0 radical (unpaired) electrons. The minimum atomic E-state index is -0.337. The molecule has 1 N–H and O–H groups in total. The van der Waals surface area contributed by atoms with Crippen LogP contribution >= 0.6 is 0 Å². The molecule has 0 aromatic rings. The summed E-state index contributed by atoms with van der Waals surface area (Å²) in [5, 5.41) is 2.60. The second kappa shape index (κ2) is 6.43. The highest BCUT2D eigenvalue weighted by molar-refractivity contribution is 5.83. The van der Waals surface area contributed by atoms with Gasteiger partial charge in [-0.15, -0.1) is 0 Å². The van der Waals surface area contributed by atoms with Crippen LogP contribution in [0.15, 0.2) is 0 Å². The van der Waals surface area contributed by atoms with Crippen molar-refractivity contribution in [3.8, 4) is 0 Å². The van der Waals surface area contributed by atoms with Gasteiger partial charge in [0.2, 0.25) is 5.91 Å². The fraction of sp³-hybridized carbons (Fsp3) is 0.818. The zero-order valence-corrected chi connectivity index (χ0v) is 9.25. The van der Waals surface area contributed by atoms with Crippen LogP contribution in [-0.4, -0.2) is 25.0 Å². The highest BCUT2D eigenvalue weighted by Gasteiger charge is 2.25. The van der Waals surface area contributed by atoms with E-state index in [-0.39, 0.29) is 24.3 Å². The van der Waals surface area contributed by atoms with Gasteiger partial charge in [0.05, 0.1) is 6.61 Å². The lowest BCUT2D eigenvalue weighted by atomic mass is 9.85. The Kier molecular flexibility index (Phi) is 5.15. The number of carbonyl (C=O) groups excluding carboxylic acids is 2. The topological polar surface area (TPSA) is 55.4 Å². The van der Waals surface area contributed by atoms with Crippen molar-refractivity contribution in [3.63, 3.8) is 0 Å². The van der Waals surface area contributed by atoms with Crippen LogP contribution in [0.5, 0.6) is 0 Å². The van der Waals surface area contributed by atoms with Crippen LogP contribution in [0.25, 0.3) is 0 Å². The Morgan fingerprint density at radius 3 is 2.67 bits per heavy atom. The van der Waals surface area contributed by atoms with Crippen molar-refractivity contribution in [1.82, 2.24) is 5.32 Å². The van der Waals surface area contributed by atoms with Gasteiger partial charge in [0.15, 0.2) is 0 Å². The maximum atomic E-state index is 11.3.